The summed E-state index contributed by atoms with van der Waals surface area (Å²) in [5, 5.41) is -0.187. The van der Waals surface area contributed by atoms with Gasteiger partial charge in [0.25, 0.3) is 0 Å². The van der Waals surface area contributed by atoms with Crippen molar-refractivity contribution in [2.75, 3.05) is 0 Å². The minimum Gasteiger partial charge on any atom is -0.293 e. The number of hydrogen-bond donors (Lipinski definition) is 0. The molecule has 1 nitrogen and oxygen atoms in total. The monoisotopic (exact) mass is 274 g/mol. The summed E-state index contributed by atoms with van der Waals surface area (Å²) in [6.07, 6.45) is 0. The molecule has 0 bridgehead atoms. The second kappa shape index (κ2) is 6.02. The molecule has 0 N–H and O–H groups in total. The van der Waals surface area contributed by atoms with Crippen molar-refractivity contribution in [3.05, 3.63) is 65.5 Å². The molecule has 0 aliphatic carbocycles. The lowest BCUT2D eigenvalue weighted by molar-refractivity contribution is 0.0994. The Morgan fingerprint density at radius 3 is 2.21 bits per heavy atom. The van der Waals surface area contributed by atoms with E-state index in [0.717, 1.165) is 10.5 Å². The van der Waals surface area contributed by atoms with Crippen LogP contribution in [0.1, 0.15) is 22.8 Å². The minimum atomic E-state index is -0.262. The molecule has 0 aromatic heterocycles. The van der Waals surface area contributed by atoms with E-state index in [9.17, 15) is 9.18 Å². The smallest absolute Gasteiger partial charge is 0.175 e. The summed E-state index contributed by atoms with van der Waals surface area (Å²) in [4.78, 5) is 13.1. The van der Waals surface area contributed by atoms with Crippen LogP contribution in [0.5, 0.6) is 0 Å². The van der Waals surface area contributed by atoms with Gasteiger partial charge in [-0.3, -0.25) is 4.79 Å². The van der Waals surface area contributed by atoms with E-state index < -0.39 is 0 Å². The Labute approximate surface area is 116 Å². The number of benzene rings is 2. The van der Waals surface area contributed by atoms with Gasteiger partial charge < -0.3 is 0 Å². The molecule has 0 heterocycles. The number of aryl methyl sites for hydroxylation is 1. The molecule has 1 unspecified atom stereocenters. The van der Waals surface area contributed by atoms with Gasteiger partial charge in [-0.05, 0) is 38.1 Å². The van der Waals surface area contributed by atoms with Crippen LogP contribution in [0, 0.1) is 12.7 Å². The maximum atomic E-state index is 12.8. The van der Waals surface area contributed by atoms with Crippen molar-refractivity contribution in [2.24, 2.45) is 0 Å². The number of thioether (sulfide) groups is 1. The molecule has 0 saturated heterocycles. The molecule has 3 heteroatoms. The topological polar surface area (TPSA) is 17.1 Å². The van der Waals surface area contributed by atoms with Gasteiger partial charge in [0.05, 0.1) is 5.25 Å². The molecule has 0 saturated carbocycles. The van der Waals surface area contributed by atoms with Crippen LogP contribution in [0.3, 0.4) is 0 Å². The highest BCUT2D eigenvalue weighted by Gasteiger charge is 2.16. The van der Waals surface area contributed by atoms with Crippen LogP contribution in [0.25, 0.3) is 0 Å². The average Bonchev–Trinajstić information content (AvgIpc) is 2.41. The van der Waals surface area contributed by atoms with Gasteiger partial charge >= 0.3 is 0 Å². The molecule has 98 valence electrons. The second-order valence-corrected chi connectivity index (χ2v) is 5.86. The van der Waals surface area contributed by atoms with Gasteiger partial charge in [0, 0.05) is 10.5 Å². The van der Waals surface area contributed by atoms with Crippen LogP contribution in [0.15, 0.2) is 53.4 Å². The lowest BCUT2D eigenvalue weighted by Crippen LogP contribution is -2.13. The zero-order chi connectivity index (χ0) is 13.8. The summed E-state index contributed by atoms with van der Waals surface area (Å²) in [5.74, 6) is -0.170. The number of ketones is 1. The van der Waals surface area contributed by atoms with Gasteiger partial charge in [-0.1, -0.05) is 29.8 Å². The van der Waals surface area contributed by atoms with Gasteiger partial charge in [0.2, 0.25) is 0 Å². The number of halogens is 1. The summed E-state index contributed by atoms with van der Waals surface area (Å²) >= 11 is 1.44. The fourth-order valence-corrected chi connectivity index (χ4v) is 2.67. The fourth-order valence-electron chi connectivity index (χ4n) is 1.72. The van der Waals surface area contributed by atoms with Gasteiger partial charge in [0.15, 0.2) is 5.78 Å². The van der Waals surface area contributed by atoms with Crippen molar-refractivity contribution < 1.29 is 9.18 Å². The zero-order valence-corrected chi connectivity index (χ0v) is 11.7. The highest BCUT2D eigenvalue weighted by atomic mass is 32.2. The molecule has 1 atom stereocenters. The maximum absolute atomic E-state index is 12.8. The standard InChI is InChI=1S/C16H15FOS/c1-11-3-5-13(6-4-11)16(18)12(2)19-15-9-7-14(17)8-10-15/h3-10,12H,1-2H3. The SMILES string of the molecule is Cc1ccc(C(=O)C(C)Sc2ccc(F)cc2)cc1. The van der Waals surface area contributed by atoms with Crippen LogP contribution in [0.4, 0.5) is 4.39 Å². The summed E-state index contributed by atoms with van der Waals surface area (Å²) in [6, 6.07) is 13.8. The van der Waals surface area contributed by atoms with E-state index in [4.69, 9.17) is 0 Å². The molecule has 0 aliphatic heterocycles. The molecule has 19 heavy (non-hydrogen) atoms. The molecular weight excluding hydrogens is 259 g/mol. The highest BCUT2D eigenvalue weighted by Crippen LogP contribution is 2.25. The first kappa shape index (κ1) is 13.8. The van der Waals surface area contributed by atoms with Crippen molar-refractivity contribution >= 4 is 17.5 Å². The van der Waals surface area contributed by atoms with E-state index in [0.29, 0.717) is 5.56 Å². The number of rotatable bonds is 4. The Morgan fingerprint density at radius 2 is 1.63 bits per heavy atom. The van der Waals surface area contributed by atoms with Crippen molar-refractivity contribution in [3.63, 3.8) is 0 Å². The quantitative estimate of drug-likeness (QED) is 0.603. The first-order chi connectivity index (χ1) is 9.06. The number of Topliss-reactive ketones (excluding diaryl/α,β-unsaturated/α-hetero) is 1. The summed E-state index contributed by atoms with van der Waals surface area (Å²) in [6.45, 7) is 3.86. The first-order valence-electron chi connectivity index (χ1n) is 6.09. The maximum Gasteiger partial charge on any atom is 0.175 e. The van der Waals surface area contributed by atoms with Crippen LogP contribution in [0.2, 0.25) is 0 Å². The number of carbonyl (C=O) groups is 1. The Morgan fingerprint density at radius 1 is 1.05 bits per heavy atom. The third kappa shape index (κ3) is 3.67. The second-order valence-electron chi connectivity index (χ2n) is 4.44. The predicted molar refractivity (Wildman–Crippen MR) is 77.2 cm³/mol. The molecule has 0 spiro atoms. The van der Waals surface area contributed by atoms with Crippen molar-refractivity contribution in [1.82, 2.24) is 0 Å². The van der Waals surface area contributed by atoms with E-state index in [1.807, 2.05) is 38.1 Å². The van der Waals surface area contributed by atoms with Crippen LogP contribution >= 0.6 is 11.8 Å². The van der Waals surface area contributed by atoms with Crippen molar-refractivity contribution in [3.8, 4) is 0 Å². The van der Waals surface area contributed by atoms with E-state index >= 15 is 0 Å². The Hall–Kier alpha value is -1.61. The summed E-state index contributed by atoms with van der Waals surface area (Å²) in [5.41, 5.74) is 1.85. The summed E-state index contributed by atoms with van der Waals surface area (Å²) < 4.78 is 12.8. The van der Waals surface area contributed by atoms with Crippen molar-refractivity contribution in [1.29, 1.82) is 0 Å². The molecule has 2 rings (SSSR count). The van der Waals surface area contributed by atoms with Crippen LogP contribution in [-0.2, 0) is 0 Å². The van der Waals surface area contributed by atoms with Gasteiger partial charge in [-0.2, -0.15) is 0 Å². The Balaban J connectivity index is 2.07. The highest BCUT2D eigenvalue weighted by molar-refractivity contribution is 8.00. The van der Waals surface area contributed by atoms with Crippen LogP contribution in [-0.4, -0.2) is 11.0 Å². The molecule has 0 amide bonds. The normalized spacial score (nSPS) is 12.2. The van der Waals surface area contributed by atoms with Crippen molar-refractivity contribution in [2.45, 2.75) is 24.0 Å². The number of carbonyl (C=O) groups excluding carboxylic acids is 1. The van der Waals surface area contributed by atoms with E-state index in [1.54, 1.807) is 12.1 Å². The third-order valence-corrected chi connectivity index (χ3v) is 3.94. The largest absolute Gasteiger partial charge is 0.293 e. The molecule has 2 aromatic carbocycles. The number of hydrogen-bond acceptors (Lipinski definition) is 2. The van der Waals surface area contributed by atoms with E-state index in [2.05, 4.69) is 0 Å². The third-order valence-electron chi connectivity index (χ3n) is 2.83. The first-order valence-corrected chi connectivity index (χ1v) is 6.97. The van der Waals surface area contributed by atoms with Gasteiger partial charge in [-0.15, -0.1) is 11.8 Å². The lowest BCUT2D eigenvalue weighted by atomic mass is 10.1. The van der Waals surface area contributed by atoms with E-state index in [-0.39, 0.29) is 16.9 Å². The molecule has 0 radical (unpaired) electrons. The molecule has 0 fully saturated rings. The van der Waals surface area contributed by atoms with Crippen LogP contribution < -0.4 is 0 Å². The average molecular weight is 274 g/mol. The zero-order valence-electron chi connectivity index (χ0n) is 10.9. The Kier molecular flexibility index (Phi) is 4.38. The Bertz CT molecular complexity index is 560. The molecular formula is C16H15FOS. The van der Waals surface area contributed by atoms with Gasteiger partial charge in [0.1, 0.15) is 5.82 Å². The molecule has 0 aliphatic rings. The minimum absolute atomic E-state index is 0.0920. The molecule has 2 aromatic rings. The fraction of sp³-hybridized carbons (Fsp3) is 0.188. The summed E-state index contributed by atoms with van der Waals surface area (Å²) in [7, 11) is 0. The van der Waals surface area contributed by atoms with E-state index in [1.165, 1.54) is 23.9 Å². The van der Waals surface area contributed by atoms with Gasteiger partial charge in [-0.25, -0.2) is 4.39 Å². The lowest BCUT2D eigenvalue weighted by Gasteiger charge is -2.10. The predicted octanol–water partition coefficient (Wildman–Crippen LogP) is 4.50.